The van der Waals surface area contributed by atoms with Crippen LogP contribution in [0.5, 0.6) is 0 Å². The Labute approximate surface area is 96.3 Å². The molecule has 0 saturated carbocycles. The molecule has 17 heavy (non-hydrogen) atoms. The van der Waals surface area contributed by atoms with Crippen molar-refractivity contribution < 1.29 is 13.9 Å². The summed E-state index contributed by atoms with van der Waals surface area (Å²) in [4.78, 5) is 25.7. The van der Waals surface area contributed by atoms with E-state index in [1.165, 1.54) is 0 Å². The van der Waals surface area contributed by atoms with Gasteiger partial charge in [0.15, 0.2) is 0 Å². The smallest absolute Gasteiger partial charge is 0.293 e. The van der Waals surface area contributed by atoms with Crippen LogP contribution < -0.4 is 5.56 Å². The van der Waals surface area contributed by atoms with E-state index in [4.69, 9.17) is 0 Å². The molecule has 1 N–H and O–H groups in total. The number of aromatic nitrogens is 2. The number of nitrogens with zero attached hydrogens (tertiary/aromatic N) is 1. The third-order valence-electron chi connectivity index (χ3n) is 1.82. The van der Waals surface area contributed by atoms with Gasteiger partial charge in [-0.1, -0.05) is 12.1 Å². The molecule has 0 saturated heterocycles. The van der Waals surface area contributed by atoms with Crippen molar-refractivity contribution >= 4 is 17.4 Å². The molecule has 5 nitrogen and oxygen atoms in total. The predicted molar refractivity (Wildman–Crippen MR) is 60.0 cm³/mol. The predicted octanol–water partition coefficient (Wildman–Crippen LogP) is 1.24. The fourth-order valence-corrected chi connectivity index (χ4v) is 1.13. The Hall–Kier alpha value is -2.24. The van der Waals surface area contributed by atoms with Crippen LogP contribution in [0.25, 0.3) is 10.9 Å². The zero-order valence-corrected chi connectivity index (χ0v) is 9.14. The van der Waals surface area contributed by atoms with Gasteiger partial charge in [0.1, 0.15) is 0 Å². The van der Waals surface area contributed by atoms with Gasteiger partial charge < -0.3 is 4.74 Å². The number of hydrogen-bond acceptors (Lipinski definition) is 4. The fraction of sp³-hybridized carbons (Fsp3) is 0.182. The number of para-hydroxylation sites is 1. The van der Waals surface area contributed by atoms with Crippen LogP contribution in [0.4, 0.5) is 4.39 Å². The number of benzene rings is 1. The molecule has 0 aliphatic heterocycles. The van der Waals surface area contributed by atoms with Crippen LogP contribution in [0.3, 0.4) is 0 Å². The molecule has 0 spiro atoms. The van der Waals surface area contributed by atoms with E-state index in [0.29, 0.717) is 24.0 Å². The number of fused-ring (bicyclic) bond motifs is 1. The molecule has 1 aromatic heterocycles. The van der Waals surface area contributed by atoms with Gasteiger partial charge in [0.25, 0.3) is 18.1 Å². The molecule has 0 radical (unpaired) electrons. The summed E-state index contributed by atoms with van der Waals surface area (Å²) < 4.78 is 16.7. The molecular formula is C11H11FN2O3. The Kier molecular flexibility index (Phi) is 4.80. The van der Waals surface area contributed by atoms with Crippen LogP contribution in [0.15, 0.2) is 29.1 Å². The number of carbonyl (C=O) groups is 1. The van der Waals surface area contributed by atoms with E-state index in [0.717, 1.165) is 0 Å². The fourth-order valence-electron chi connectivity index (χ4n) is 1.13. The first-order valence-corrected chi connectivity index (χ1v) is 4.88. The summed E-state index contributed by atoms with van der Waals surface area (Å²) in [5.74, 6) is 0. The van der Waals surface area contributed by atoms with Crippen LogP contribution in [0.2, 0.25) is 0 Å². The second-order valence-corrected chi connectivity index (χ2v) is 2.93. The Morgan fingerprint density at radius 2 is 2.18 bits per heavy atom. The minimum atomic E-state index is -0.848. The van der Waals surface area contributed by atoms with Crippen LogP contribution in [0.1, 0.15) is 6.92 Å². The highest BCUT2D eigenvalue weighted by Gasteiger charge is 2.00. The summed E-state index contributed by atoms with van der Waals surface area (Å²) >= 11 is 0. The Balaban J connectivity index is 0.000000249. The number of H-pyrrole nitrogens is 1. The molecular weight excluding hydrogens is 227 g/mol. The molecule has 0 atom stereocenters. The second-order valence-electron chi connectivity index (χ2n) is 2.93. The summed E-state index contributed by atoms with van der Waals surface area (Å²) in [6.45, 7) is 2.66. The normalized spacial score (nSPS) is 9.29. The van der Waals surface area contributed by atoms with Crippen molar-refractivity contribution in [2.75, 3.05) is 6.61 Å². The molecule has 0 bridgehead atoms. The number of hydrogen-bond donors (Lipinski definition) is 1. The first-order chi connectivity index (χ1) is 8.19. The first-order valence-electron chi connectivity index (χ1n) is 4.88. The maximum absolute atomic E-state index is 12.5. The number of halogens is 1. The molecule has 1 aromatic carbocycles. The minimum absolute atomic E-state index is 0.374. The average molecular weight is 238 g/mol. The SMILES string of the molecule is CCOC=O.O=c1[nH]c(F)nc2ccccc12. The lowest BCUT2D eigenvalue weighted by molar-refractivity contribution is -0.128. The number of ether oxygens (including phenoxy) is 1. The zero-order chi connectivity index (χ0) is 12.7. The number of nitrogens with one attached hydrogen (secondary N) is 1. The summed E-state index contributed by atoms with van der Waals surface area (Å²) in [5.41, 5.74) is -0.0724. The molecule has 90 valence electrons. The van der Waals surface area contributed by atoms with Gasteiger partial charge in [0.2, 0.25) is 0 Å². The van der Waals surface area contributed by atoms with Gasteiger partial charge in [-0.15, -0.1) is 0 Å². The molecule has 1 heterocycles. The average Bonchev–Trinajstić information content (AvgIpc) is 2.30. The lowest BCUT2D eigenvalue weighted by Crippen LogP contribution is -2.09. The highest BCUT2D eigenvalue weighted by atomic mass is 19.1. The van der Waals surface area contributed by atoms with Crippen molar-refractivity contribution in [3.63, 3.8) is 0 Å². The van der Waals surface area contributed by atoms with Crippen molar-refractivity contribution in [3.05, 3.63) is 40.7 Å². The third kappa shape index (κ3) is 3.67. The molecule has 0 amide bonds. The van der Waals surface area contributed by atoms with E-state index in [9.17, 15) is 14.0 Å². The van der Waals surface area contributed by atoms with E-state index in [1.54, 1.807) is 31.2 Å². The van der Waals surface area contributed by atoms with Crippen molar-refractivity contribution in [2.24, 2.45) is 0 Å². The lowest BCUT2D eigenvalue weighted by Gasteiger charge is -1.93. The van der Waals surface area contributed by atoms with Gasteiger partial charge in [-0.25, -0.2) is 4.98 Å². The highest BCUT2D eigenvalue weighted by molar-refractivity contribution is 5.76. The highest BCUT2D eigenvalue weighted by Crippen LogP contribution is 2.04. The van der Waals surface area contributed by atoms with E-state index in [1.807, 2.05) is 4.98 Å². The van der Waals surface area contributed by atoms with Gasteiger partial charge >= 0.3 is 0 Å². The molecule has 6 heteroatoms. The quantitative estimate of drug-likeness (QED) is 0.631. The standard InChI is InChI=1S/C8H5FN2O.C3H6O2/c9-8-10-6-4-2-1-3-5(6)7(12)11-8;1-2-5-3-4/h1-4H,(H,10,11,12);3H,2H2,1H3. The summed E-state index contributed by atoms with van der Waals surface area (Å²) in [5, 5.41) is 0.402. The molecule has 2 rings (SSSR count). The lowest BCUT2D eigenvalue weighted by atomic mass is 10.2. The summed E-state index contributed by atoms with van der Waals surface area (Å²) in [6, 6.07) is 6.60. The third-order valence-corrected chi connectivity index (χ3v) is 1.82. The second kappa shape index (κ2) is 6.37. The molecule has 0 unspecified atom stereocenters. The Bertz CT molecular complexity index is 554. The van der Waals surface area contributed by atoms with Crippen molar-refractivity contribution in [3.8, 4) is 0 Å². The van der Waals surface area contributed by atoms with E-state index >= 15 is 0 Å². The van der Waals surface area contributed by atoms with Gasteiger partial charge in [-0.05, 0) is 19.1 Å². The van der Waals surface area contributed by atoms with Gasteiger partial charge in [0.05, 0.1) is 17.5 Å². The van der Waals surface area contributed by atoms with E-state index in [2.05, 4.69) is 9.72 Å². The summed E-state index contributed by atoms with van der Waals surface area (Å²) in [6.07, 6.45) is -0.848. The molecule has 0 aliphatic rings. The van der Waals surface area contributed by atoms with Crippen molar-refractivity contribution in [1.82, 2.24) is 9.97 Å². The van der Waals surface area contributed by atoms with Crippen molar-refractivity contribution in [1.29, 1.82) is 0 Å². The largest absolute Gasteiger partial charge is 0.468 e. The van der Waals surface area contributed by atoms with E-state index < -0.39 is 11.6 Å². The van der Waals surface area contributed by atoms with Gasteiger partial charge in [0, 0.05) is 0 Å². The maximum atomic E-state index is 12.5. The zero-order valence-electron chi connectivity index (χ0n) is 9.14. The van der Waals surface area contributed by atoms with Crippen LogP contribution >= 0.6 is 0 Å². The first kappa shape index (κ1) is 12.8. The molecule has 0 aliphatic carbocycles. The monoisotopic (exact) mass is 238 g/mol. The van der Waals surface area contributed by atoms with E-state index in [-0.39, 0.29) is 0 Å². The van der Waals surface area contributed by atoms with Crippen LogP contribution in [-0.2, 0) is 9.53 Å². The Morgan fingerprint density at radius 1 is 1.47 bits per heavy atom. The van der Waals surface area contributed by atoms with Gasteiger partial charge in [-0.3, -0.25) is 14.6 Å². The maximum Gasteiger partial charge on any atom is 0.293 e. The summed E-state index contributed by atoms with van der Waals surface area (Å²) in [7, 11) is 0. The molecule has 2 aromatic rings. The van der Waals surface area contributed by atoms with Crippen LogP contribution in [-0.4, -0.2) is 23.0 Å². The van der Waals surface area contributed by atoms with Crippen LogP contribution in [0, 0.1) is 6.08 Å². The number of rotatable bonds is 2. The number of aromatic amines is 1. The Morgan fingerprint density at radius 3 is 2.76 bits per heavy atom. The minimum Gasteiger partial charge on any atom is -0.468 e. The van der Waals surface area contributed by atoms with Crippen molar-refractivity contribution in [2.45, 2.75) is 6.92 Å². The number of carbonyl (C=O) groups excluding carboxylic acids is 1. The van der Waals surface area contributed by atoms with Gasteiger partial charge in [-0.2, -0.15) is 4.39 Å². The topological polar surface area (TPSA) is 72.1 Å². The molecule has 0 fully saturated rings.